The van der Waals surface area contributed by atoms with E-state index >= 15 is 0 Å². The van der Waals surface area contributed by atoms with Crippen LogP contribution in [0.3, 0.4) is 0 Å². The number of hydrogen-bond donors (Lipinski definition) is 3. The van der Waals surface area contributed by atoms with Gasteiger partial charge in [-0.3, -0.25) is 14.5 Å². The summed E-state index contributed by atoms with van der Waals surface area (Å²) in [5, 5.41) is 8.10. The number of morpholine rings is 1. The molecule has 0 atom stereocenters. The summed E-state index contributed by atoms with van der Waals surface area (Å²) in [7, 11) is 0. The Morgan fingerprint density at radius 2 is 1.40 bits per heavy atom. The average Bonchev–Trinajstić information content (AvgIpc) is 3.69. The molecule has 2 aromatic heterocycles. The van der Waals surface area contributed by atoms with Crippen LogP contribution in [0.25, 0.3) is 27.5 Å². The van der Waals surface area contributed by atoms with Gasteiger partial charge in [-0.15, -0.1) is 0 Å². The van der Waals surface area contributed by atoms with Crippen molar-refractivity contribution in [2.45, 2.75) is 6.54 Å². The van der Waals surface area contributed by atoms with Crippen LogP contribution in [0.15, 0.2) is 109 Å². The fraction of sp³-hybridized carbons (Fsp3) is 0.143. The normalized spacial score (nSPS) is 13.8. The van der Waals surface area contributed by atoms with E-state index in [-0.39, 0.29) is 11.8 Å². The number of fused-ring (bicyclic) bond motifs is 2. The number of hydrogen-bond acceptors (Lipinski definition) is 4. The minimum absolute atomic E-state index is 0.140. The van der Waals surface area contributed by atoms with Crippen molar-refractivity contribution in [2.24, 2.45) is 0 Å². The Balaban J connectivity index is 1.00. The van der Waals surface area contributed by atoms with E-state index in [0.29, 0.717) is 11.1 Å². The monoisotopic (exact) mass is 569 g/mol. The number of rotatable bonds is 7. The van der Waals surface area contributed by atoms with Gasteiger partial charge in [0.25, 0.3) is 11.8 Å². The van der Waals surface area contributed by atoms with Crippen LogP contribution < -0.4 is 10.6 Å². The van der Waals surface area contributed by atoms with Crippen LogP contribution in [0, 0.1) is 0 Å². The summed E-state index contributed by atoms with van der Waals surface area (Å²) in [4.78, 5) is 31.3. The third-order valence-electron chi connectivity index (χ3n) is 7.89. The van der Waals surface area contributed by atoms with Crippen molar-refractivity contribution in [1.29, 1.82) is 0 Å². The predicted molar refractivity (Wildman–Crippen MR) is 170 cm³/mol. The van der Waals surface area contributed by atoms with Gasteiger partial charge in [-0.05, 0) is 89.8 Å². The lowest BCUT2D eigenvalue weighted by Gasteiger charge is -2.26. The molecule has 1 fully saturated rings. The smallest absolute Gasteiger partial charge is 0.255 e. The molecule has 0 saturated carbocycles. The van der Waals surface area contributed by atoms with E-state index in [1.807, 2.05) is 109 Å². The number of benzene rings is 4. The van der Waals surface area contributed by atoms with Crippen LogP contribution in [0.5, 0.6) is 0 Å². The average molecular weight is 570 g/mol. The Kier molecular flexibility index (Phi) is 7.20. The molecule has 6 aromatic rings. The number of aromatic nitrogens is 2. The van der Waals surface area contributed by atoms with E-state index in [0.717, 1.165) is 71.7 Å². The van der Waals surface area contributed by atoms with E-state index in [1.165, 1.54) is 5.56 Å². The summed E-state index contributed by atoms with van der Waals surface area (Å²) >= 11 is 0. The SMILES string of the molecule is O=C(Nc1ccc2c(ccn2-c2ccc(C(=O)Nc3ccc4cc[nH]c4c3)cc2)c1)c1ccc(CN2CCOCC2)cc1. The fourth-order valence-corrected chi connectivity index (χ4v) is 5.53. The molecule has 8 heteroatoms. The van der Waals surface area contributed by atoms with Crippen molar-refractivity contribution in [1.82, 2.24) is 14.5 Å². The maximum Gasteiger partial charge on any atom is 0.255 e. The molecule has 1 aliphatic rings. The van der Waals surface area contributed by atoms with Crippen LogP contribution in [0.1, 0.15) is 26.3 Å². The van der Waals surface area contributed by atoms with Crippen LogP contribution >= 0.6 is 0 Å². The first-order valence-electron chi connectivity index (χ1n) is 14.4. The number of anilines is 2. The zero-order valence-corrected chi connectivity index (χ0v) is 23.5. The highest BCUT2D eigenvalue weighted by Crippen LogP contribution is 2.25. The number of carbonyl (C=O) groups is 2. The maximum atomic E-state index is 12.9. The second-order valence-corrected chi connectivity index (χ2v) is 10.8. The summed E-state index contributed by atoms with van der Waals surface area (Å²) < 4.78 is 7.49. The molecule has 0 unspecified atom stereocenters. The fourth-order valence-electron chi connectivity index (χ4n) is 5.53. The molecule has 43 heavy (non-hydrogen) atoms. The number of aromatic amines is 1. The van der Waals surface area contributed by atoms with Gasteiger partial charge < -0.3 is 24.9 Å². The van der Waals surface area contributed by atoms with Gasteiger partial charge in [0.15, 0.2) is 0 Å². The number of ether oxygens (including phenoxy) is 1. The van der Waals surface area contributed by atoms with Gasteiger partial charge in [0.2, 0.25) is 0 Å². The maximum absolute atomic E-state index is 12.9. The molecule has 0 spiro atoms. The molecule has 214 valence electrons. The van der Waals surface area contributed by atoms with Crippen molar-refractivity contribution in [3.8, 4) is 5.69 Å². The Labute approximate surface area is 248 Å². The van der Waals surface area contributed by atoms with Crippen molar-refractivity contribution < 1.29 is 14.3 Å². The van der Waals surface area contributed by atoms with Gasteiger partial charge in [0.05, 0.1) is 18.7 Å². The lowest BCUT2D eigenvalue weighted by Crippen LogP contribution is -2.35. The van der Waals surface area contributed by atoms with Gasteiger partial charge in [0, 0.05) is 71.1 Å². The molecule has 1 aliphatic heterocycles. The second kappa shape index (κ2) is 11.6. The van der Waals surface area contributed by atoms with Crippen molar-refractivity contribution >= 4 is 45.0 Å². The summed E-state index contributed by atoms with van der Waals surface area (Å²) in [5.74, 6) is -0.305. The van der Waals surface area contributed by atoms with Crippen LogP contribution in [0.4, 0.5) is 11.4 Å². The summed E-state index contributed by atoms with van der Waals surface area (Å²) in [5.41, 5.74) is 6.77. The molecule has 0 bridgehead atoms. The van der Waals surface area contributed by atoms with Crippen molar-refractivity contribution in [3.05, 3.63) is 126 Å². The first kappa shape index (κ1) is 26.7. The number of amides is 2. The Bertz CT molecular complexity index is 1920. The van der Waals surface area contributed by atoms with E-state index < -0.39 is 0 Å². The minimum Gasteiger partial charge on any atom is -0.379 e. The largest absolute Gasteiger partial charge is 0.379 e. The number of nitrogens with one attached hydrogen (secondary N) is 3. The first-order valence-corrected chi connectivity index (χ1v) is 14.4. The molecule has 4 aromatic carbocycles. The third kappa shape index (κ3) is 5.79. The zero-order chi connectivity index (χ0) is 29.2. The van der Waals surface area contributed by atoms with Gasteiger partial charge in [-0.25, -0.2) is 0 Å². The highest BCUT2D eigenvalue weighted by molar-refractivity contribution is 6.06. The van der Waals surface area contributed by atoms with Crippen LogP contribution in [-0.4, -0.2) is 52.6 Å². The van der Waals surface area contributed by atoms with E-state index in [9.17, 15) is 9.59 Å². The Morgan fingerprint density at radius 3 is 2.14 bits per heavy atom. The van der Waals surface area contributed by atoms with Gasteiger partial charge >= 0.3 is 0 Å². The molecule has 7 rings (SSSR count). The van der Waals surface area contributed by atoms with Gasteiger partial charge in [-0.2, -0.15) is 0 Å². The highest BCUT2D eigenvalue weighted by atomic mass is 16.5. The Morgan fingerprint density at radius 1 is 0.721 bits per heavy atom. The van der Waals surface area contributed by atoms with Gasteiger partial charge in [-0.1, -0.05) is 18.2 Å². The predicted octanol–water partition coefficient (Wildman–Crippen LogP) is 6.45. The summed E-state index contributed by atoms with van der Waals surface area (Å²) in [6, 6.07) is 31.0. The molecule has 3 heterocycles. The van der Waals surface area contributed by atoms with E-state index in [1.54, 1.807) is 0 Å². The highest BCUT2D eigenvalue weighted by Gasteiger charge is 2.13. The van der Waals surface area contributed by atoms with Gasteiger partial charge in [0.1, 0.15) is 0 Å². The van der Waals surface area contributed by atoms with Crippen molar-refractivity contribution in [2.75, 3.05) is 36.9 Å². The molecular weight excluding hydrogens is 538 g/mol. The molecule has 2 amide bonds. The molecule has 0 radical (unpaired) electrons. The summed E-state index contributed by atoms with van der Waals surface area (Å²) in [6.07, 6.45) is 3.87. The zero-order valence-electron chi connectivity index (χ0n) is 23.5. The lowest BCUT2D eigenvalue weighted by molar-refractivity contribution is 0.0342. The molecule has 1 saturated heterocycles. The van der Waals surface area contributed by atoms with Crippen LogP contribution in [-0.2, 0) is 11.3 Å². The van der Waals surface area contributed by atoms with Crippen molar-refractivity contribution in [3.63, 3.8) is 0 Å². The number of H-pyrrole nitrogens is 1. The van der Waals surface area contributed by atoms with Crippen LogP contribution in [0.2, 0.25) is 0 Å². The minimum atomic E-state index is -0.165. The van der Waals surface area contributed by atoms with E-state index in [4.69, 9.17) is 4.74 Å². The van der Waals surface area contributed by atoms with E-state index in [2.05, 4.69) is 25.1 Å². The molecule has 3 N–H and O–H groups in total. The Hall–Kier alpha value is -5.18. The topological polar surface area (TPSA) is 91.4 Å². The second-order valence-electron chi connectivity index (χ2n) is 10.8. The standard InChI is InChI=1S/C35H31N5O3/c41-34(26-3-1-24(2-4-26)23-39-17-19-43-20-18-39)37-29-9-12-33-28(21-29)14-16-40(33)31-10-6-27(7-11-31)35(42)38-30-8-5-25-13-15-36-32(25)22-30/h1-16,21-22,36H,17-20,23H2,(H,37,41)(H,38,42). The molecule has 8 nitrogen and oxygen atoms in total. The lowest BCUT2D eigenvalue weighted by atomic mass is 10.1. The third-order valence-corrected chi connectivity index (χ3v) is 7.89. The summed E-state index contributed by atoms with van der Waals surface area (Å²) in [6.45, 7) is 4.27. The molecule has 0 aliphatic carbocycles. The quantitative estimate of drug-likeness (QED) is 0.206. The molecular formula is C35H31N5O3. The number of carbonyl (C=O) groups excluding carboxylic acids is 2. The number of nitrogens with zero attached hydrogens (tertiary/aromatic N) is 2. The first-order chi connectivity index (χ1) is 21.1.